The van der Waals surface area contributed by atoms with Crippen molar-refractivity contribution in [2.75, 3.05) is 25.1 Å². The Balaban J connectivity index is 1.84. The Morgan fingerprint density at radius 2 is 1.91 bits per heavy atom. The molecular weight excluding hydrogens is 280 g/mol. The van der Waals surface area contributed by atoms with Crippen LogP contribution >= 0.6 is 0 Å². The molecule has 0 unspecified atom stereocenters. The van der Waals surface area contributed by atoms with E-state index in [0.29, 0.717) is 19.1 Å². The summed E-state index contributed by atoms with van der Waals surface area (Å²) in [6.45, 7) is 5.40. The van der Waals surface area contributed by atoms with Crippen LogP contribution in [-0.2, 0) is 14.3 Å². The van der Waals surface area contributed by atoms with Gasteiger partial charge in [-0.3, -0.25) is 9.59 Å². The van der Waals surface area contributed by atoms with Gasteiger partial charge in [0.15, 0.2) is 0 Å². The number of hydrogen-bond acceptors (Lipinski definition) is 3. The molecule has 2 N–H and O–H groups in total. The number of para-hydroxylation sites is 1. The van der Waals surface area contributed by atoms with E-state index in [1.165, 1.54) is 0 Å². The molecule has 120 valence electrons. The van der Waals surface area contributed by atoms with Crippen LogP contribution in [-0.4, -0.2) is 31.6 Å². The molecule has 1 aliphatic heterocycles. The second-order valence-electron chi connectivity index (χ2n) is 5.89. The maximum atomic E-state index is 12.0. The van der Waals surface area contributed by atoms with Crippen LogP contribution in [0.5, 0.6) is 0 Å². The van der Waals surface area contributed by atoms with Gasteiger partial charge in [0, 0.05) is 24.8 Å². The Hall–Kier alpha value is -1.88. The lowest BCUT2D eigenvalue weighted by molar-refractivity contribution is -0.129. The fraction of sp³-hybridized carbons (Fsp3) is 0.529. The standard InChI is InChI=1S/C17H24N2O3/c1-12(2)14-5-3-4-6-15(14)19-16(20)11-18-17(21)13-7-9-22-10-8-13/h3-6,12-13H,7-11H2,1-2H3,(H,18,21)(H,19,20). The van der Waals surface area contributed by atoms with Gasteiger partial charge in [-0.25, -0.2) is 0 Å². The Morgan fingerprint density at radius 3 is 2.59 bits per heavy atom. The molecule has 2 rings (SSSR count). The van der Waals surface area contributed by atoms with Crippen LogP contribution < -0.4 is 10.6 Å². The van der Waals surface area contributed by atoms with Crippen molar-refractivity contribution in [2.24, 2.45) is 5.92 Å². The van der Waals surface area contributed by atoms with Crippen molar-refractivity contribution in [2.45, 2.75) is 32.6 Å². The fourth-order valence-corrected chi connectivity index (χ4v) is 2.58. The Bertz CT molecular complexity index is 522. The summed E-state index contributed by atoms with van der Waals surface area (Å²) in [6, 6.07) is 7.73. The number of carbonyl (C=O) groups is 2. The summed E-state index contributed by atoms with van der Waals surface area (Å²) in [5.74, 6) is 0.0296. The quantitative estimate of drug-likeness (QED) is 0.877. The highest BCUT2D eigenvalue weighted by Gasteiger charge is 2.21. The predicted octanol–water partition coefficient (Wildman–Crippen LogP) is 2.29. The van der Waals surface area contributed by atoms with Gasteiger partial charge >= 0.3 is 0 Å². The second-order valence-corrected chi connectivity index (χ2v) is 5.89. The van der Waals surface area contributed by atoms with Gasteiger partial charge in [-0.05, 0) is 30.4 Å². The lowest BCUT2D eigenvalue weighted by Crippen LogP contribution is -2.38. The molecule has 1 heterocycles. The molecule has 0 radical (unpaired) electrons. The molecule has 0 saturated carbocycles. The predicted molar refractivity (Wildman–Crippen MR) is 85.7 cm³/mol. The number of anilines is 1. The lowest BCUT2D eigenvalue weighted by Gasteiger charge is -2.21. The zero-order valence-electron chi connectivity index (χ0n) is 13.2. The second kappa shape index (κ2) is 7.94. The third-order valence-electron chi connectivity index (χ3n) is 3.87. The smallest absolute Gasteiger partial charge is 0.243 e. The summed E-state index contributed by atoms with van der Waals surface area (Å²) in [6.07, 6.45) is 1.45. The number of rotatable bonds is 5. The number of benzene rings is 1. The third-order valence-corrected chi connectivity index (χ3v) is 3.87. The zero-order chi connectivity index (χ0) is 15.9. The van der Waals surface area contributed by atoms with Crippen molar-refractivity contribution in [3.63, 3.8) is 0 Å². The molecule has 1 saturated heterocycles. The molecule has 5 nitrogen and oxygen atoms in total. The van der Waals surface area contributed by atoms with E-state index >= 15 is 0 Å². The summed E-state index contributed by atoms with van der Waals surface area (Å²) < 4.78 is 5.23. The SMILES string of the molecule is CC(C)c1ccccc1NC(=O)CNC(=O)C1CCOCC1. The molecule has 1 fully saturated rings. The summed E-state index contributed by atoms with van der Waals surface area (Å²) in [4.78, 5) is 24.0. The van der Waals surface area contributed by atoms with Crippen LogP contribution in [0.4, 0.5) is 5.69 Å². The molecule has 1 aliphatic rings. The summed E-state index contributed by atoms with van der Waals surface area (Å²) >= 11 is 0. The van der Waals surface area contributed by atoms with E-state index in [9.17, 15) is 9.59 Å². The van der Waals surface area contributed by atoms with E-state index in [4.69, 9.17) is 4.74 Å². The van der Waals surface area contributed by atoms with Gasteiger partial charge in [-0.1, -0.05) is 32.0 Å². The first-order valence-electron chi connectivity index (χ1n) is 7.82. The highest BCUT2D eigenvalue weighted by atomic mass is 16.5. The molecule has 0 bridgehead atoms. The normalized spacial score (nSPS) is 15.6. The Kier molecular flexibility index (Phi) is 5.95. The molecule has 0 aliphatic carbocycles. The number of amides is 2. The maximum Gasteiger partial charge on any atom is 0.243 e. The third kappa shape index (κ3) is 4.56. The van der Waals surface area contributed by atoms with Crippen LogP contribution in [0, 0.1) is 5.92 Å². The first kappa shape index (κ1) is 16.5. The van der Waals surface area contributed by atoms with Crippen LogP contribution in [0.15, 0.2) is 24.3 Å². The van der Waals surface area contributed by atoms with E-state index in [1.54, 1.807) is 0 Å². The van der Waals surface area contributed by atoms with Crippen molar-refractivity contribution >= 4 is 17.5 Å². The Labute approximate surface area is 131 Å². The van der Waals surface area contributed by atoms with Gasteiger partial charge < -0.3 is 15.4 Å². The van der Waals surface area contributed by atoms with E-state index < -0.39 is 0 Å². The number of hydrogen-bond donors (Lipinski definition) is 2. The molecule has 0 aromatic heterocycles. The molecule has 1 aromatic rings. The van der Waals surface area contributed by atoms with Crippen molar-refractivity contribution in [3.8, 4) is 0 Å². The van der Waals surface area contributed by atoms with Crippen molar-refractivity contribution in [1.82, 2.24) is 5.32 Å². The topological polar surface area (TPSA) is 67.4 Å². The monoisotopic (exact) mass is 304 g/mol. The van der Waals surface area contributed by atoms with Crippen molar-refractivity contribution < 1.29 is 14.3 Å². The number of ether oxygens (including phenoxy) is 1. The highest BCUT2D eigenvalue weighted by molar-refractivity contribution is 5.95. The van der Waals surface area contributed by atoms with E-state index in [0.717, 1.165) is 24.1 Å². The van der Waals surface area contributed by atoms with Crippen LogP contribution in [0.1, 0.15) is 38.2 Å². The maximum absolute atomic E-state index is 12.0. The molecule has 5 heteroatoms. The van der Waals surface area contributed by atoms with E-state index in [2.05, 4.69) is 24.5 Å². The largest absolute Gasteiger partial charge is 0.381 e. The van der Waals surface area contributed by atoms with Gasteiger partial charge in [0.05, 0.1) is 6.54 Å². The van der Waals surface area contributed by atoms with Crippen LogP contribution in [0.3, 0.4) is 0 Å². The number of carbonyl (C=O) groups excluding carboxylic acids is 2. The minimum Gasteiger partial charge on any atom is -0.381 e. The molecule has 2 amide bonds. The first-order chi connectivity index (χ1) is 10.6. The minimum absolute atomic E-state index is 0.00260. The summed E-state index contributed by atoms with van der Waals surface area (Å²) in [5.41, 5.74) is 1.90. The first-order valence-corrected chi connectivity index (χ1v) is 7.82. The van der Waals surface area contributed by atoms with Crippen LogP contribution in [0.2, 0.25) is 0 Å². The Morgan fingerprint density at radius 1 is 1.23 bits per heavy atom. The van der Waals surface area contributed by atoms with Gasteiger partial charge in [0.25, 0.3) is 0 Å². The van der Waals surface area contributed by atoms with Crippen LogP contribution in [0.25, 0.3) is 0 Å². The van der Waals surface area contributed by atoms with Crippen molar-refractivity contribution in [3.05, 3.63) is 29.8 Å². The van der Waals surface area contributed by atoms with Crippen molar-refractivity contribution in [1.29, 1.82) is 0 Å². The summed E-state index contributed by atoms with van der Waals surface area (Å²) in [5, 5.41) is 5.59. The molecular formula is C17H24N2O3. The van der Waals surface area contributed by atoms with Gasteiger partial charge in [-0.2, -0.15) is 0 Å². The zero-order valence-corrected chi connectivity index (χ0v) is 13.2. The summed E-state index contributed by atoms with van der Waals surface area (Å²) in [7, 11) is 0. The molecule has 0 atom stereocenters. The van der Waals surface area contributed by atoms with Gasteiger partial charge in [-0.15, -0.1) is 0 Å². The van der Waals surface area contributed by atoms with E-state index in [-0.39, 0.29) is 24.3 Å². The fourth-order valence-electron chi connectivity index (χ4n) is 2.58. The highest BCUT2D eigenvalue weighted by Crippen LogP contribution is 2.23. The molecule has 1 aromatic carbocycles. The minimum atomic E-state index is -0.200. The average Bonchev–Trinajstić information content (AvgIpc) is 2.53. The number of nitrogens with one attached hydrogen (secondary N) is 2. The molecule has 22 heavy (non-hydrogen) atoms. The van der Waals surface area contributed by atoms with E-state index in [1.807, 2.05) is 24.3 Å². The van der Waals surface area contributed by atoms with Gasteiger partial charge in [0.1, 0.15) is 0 Å². The lowest BCUT2D eigenvalue weighted by atomic mass is 9.99. The molecule has 0 spiro atoms. The average molecular weight is 304 g/mol. The van der Waals surface area contributed by atoms with Gasteiger partial charge in [0.2, 0.25) is 11.8 Å².